The number of aromatic hydroxyl groups is 1. The third-order valence-corrected chi connectivity index (χ3v) is 8.69. The molecule has 4 aliphatic heterocycles. The van der Waals surface area contributed by atoms with E-state index in [4.69, 9.17) is 14.5 Å². The number of halogens is 2. The minimum absolute atomic E-state index is 0.114. The van der Waals surface area contributed by atoms with Crippen molar-refractivity contribution in [3.8, 4) is 11.8 Å². The number of aromatic nitrogens is 2. The van der Waals surface area contributed by atoms with Crippen LogP contribution in [0.3, 0.4) is 0 Å². The van der Waals surface area contributed by atoms with E-state index in [1.807, 2.05) is 4.90 Å². The molecule has 2 atom stereocenters. The number of fused-ring (bicyclic) bond motifs is 3. The van der Waals surface area contributed by atoms with Crippen LogP contribution >= 0.6 is 0 Å². The summed E-state index contributed by atoms with van der Waals surface area (Å²) in [5.74, 6) is -1.11. The number of carbonyl (C=O) groups excluding carboxylic acids is 1. The van der Waals surface area contributed by atoms with E-state index in [0.29, 0.717) is 67.4 Å². The van der Waals surface area contributed by atoms with Crippen LogP contribution in [-0.4, -0.2) is 83.6 Å². The van der Waals surface area contributed by atoms with E-state index in [-0.39, 0.29) is 36.0 Å². The predicted octanol–water partition coefficient (Wildman–Crippen LogP) is 3.82. The Morgan fingerprint density at radius 3 is 2.85 bits per heavy atom. The maximum Gasteiger partial charge on any atom is 0.318 e. The number of hydrogen-bond donors (Lipinski definition) is 1. The Hall–Kier alpha value is -3.57. The van der Waals surface area contributed by atoms with Gasteiger partial charge in [-0.25, -0.2) is 8.78 Å². The number of benzene rings is 2. The lowest BCUT2D eigenvalue weighted by atomic mass is 9.95. The summed E-state index contributed by atoms with van der Waals surface area (Å²) < 4.78 is 40.9. The average molecular weight is 552 g/mol. The zero-order chi connectivity index (χ0) is 27.4. The van der Waals surface area contributed by atoms with E-state index in [1.165, 1.54) is 11.0 Å². The van der Waals surface area contributed by atoms with Crippen LogP contribution in [0.15, 0.2) is 30.3 Å². The summed E-state index contributed by atoms with van der Waals surface area (Å²) in [6.07, 6.45) is 2.20. The highest BCUT2D eigenvalue weighted by atomic mass is 19.1. The normalized spacial score (nSPS) is 24.9. The molecule has 1 amide bonds. The van der Waals surface area contributed by atoms with Crippen LogP contribution in [0.1, 0.15) is 41.7 Å². The molecule has 3 fully saturated rings. The molecule has 7 rings (SSSR count). The van der Waals surface area contributed by atoms with Crippen molar-refractivity contribution in [1.82, 2.24) is 14.9 Å². The van der Waals surface area contributed by atoms with Gasteiger partial charge in [-0.3, -0.25) is 9.69 Å². The zero-order valence-electron chi connectivity index (χ0n) is 22.1. The Labute approximate surface area is 230 Å². The molecule has 1 N–H and O–H groups in total. The highest BCUT2D eigenvalue weighted by molar-refractivity contribution is 6.16. The number of phenols is 1. The molecule has 2 aromatic carbocycles. The number of nitrogens with zero attached hydrogens (tertiary/aromatic N) is 5. The largest absolute Gasteiger partial charge is 0.505 e. The molecule has 0 radical (unpaired) electrons. The summed E-state index contributed by atoms with van der Waals surface area (Å²) in [5.41, 5.74) is 0.904. The molecule has 0 spiro atoms. The van der Waals surface area contributed by atoms with E-state index in [0.717, 1.165) is 25.8 Å². The number of anilines is 2. The Balaban J connectivity index is 1.27. The molecule has 9 nitrogen and oxygen atoms in total. The quantitative estimate of drug-likeness (QED) is 0.512. The van der Waals surface area contributed by atoms with Gasteiger partial charge in [0.15, 0.2) is 11.6 Å². The first-order chi connectivity index (χ1) is 19.4. The zero-order valence-corrected chi connectivity index (χ0v) is 22.1. The van der Waals surface area contributed by atoms with Crippen LogP contribution in [0.2, 0.25) is 0 Å². The second kappa shape index (κ2) is 9.81. The Morgan fingerprint density at radius 1 is 1.12 bits per heavy atom. The molecule has 4 aliphatic rings. The molecule has 3 aromatic rings. The van der Waals surface area contributed by atoms with Crippen LogP contribution < -0.4 is 14.5 Å². The number of rotatable bonds is 5. The van der Waals surface area contributed by atoms with Crippen molar-refractivity contribution in [1.29, 1.82) is 0 Å². The van der Waals surface area contributed by atoms with Gasteiger partial charge >= 0.3 is 6.01 Å². The second-order valence-corrected chi connectivity index (χ2v) is 11.1. The van der Waals surface area contributed by atoms with Gasteiger partial charge in [-0.15, -0.1) is 0 Å². The molecule has 40 heavy (non-hydrogen) atoms. The number of carbonyl (C=O) groups is 1. The molecule has 210 valence electrons. The molecule has 0 bridgehead atoms. The van der Waals surface area contributed by atoms with Crippen LogP contribution in [0.5, 0.6) is 11.8 Å². The fourth-order valence-corrected chi connectivity index (χ4v) is 6.79. The summed E-state index contributed by atoms with van der Waals surface area (Å²) in [6.45, 7) is 4.00. The van der Waals surface area contributed by atoms with Crippen molar-refractivity contribution < 1.29 is 28.2 Å². The lowest BCUT2D eigenvalue weighted by Gasteiger charge is -2.31. The topological polar surface area (TPSA) is 91.3 Å². The first-order valence-electron chi connectivity index (χ1n) is 13.9. The van der Waals surface area contributed by atoms with Gasteiger partial charge < -0.3 is 24.4 Å². The molecule has 1 aromatic heterocycles. The maximum absolute atomic E-state index is 14.7. The third kappa shape index (κ3) is 4.14. The summed E-state index contributed by atoms with van der Waals surface area (Å²) >= 11 is 0. The van der Waals surface area contributed by atoms with Crippen molar-refractivity contribution >= 4 is 28.2 Å². The van der Waals surface area contributed by atoms with E-state index >= 15 is 0 Å². The number of alkyl halides is 1. The molecule has 0 saturated carbocycles. The summed E-state index contributed by atoms with van der Waals surface area (Å²) in [4.78, 5) is 29.1. The van der Waals surface area contributed by atoms with Gasteiger partial charge in [0.2, 0.25) is 0 Å². The summed E-state index contributed by atoms with van der Waals surface area (Å²) in [5, 5.41) is 11.1. The first-order valence-corrected chi connectivity index (χ1v) is 13.9. The Kier molecular flexibility index (Phi) is 6.23. The van der Waals surface area contributed by atoms with Gasteiger partial charge in [0.1, 0.15) is 24.2 Å². The fourth-order valence-electron chi connectivity index (χ4n) is 6.79. The van der Waals surface area contributed by atoms with Crippen molar-refractivity contribution in [2.45, 2.75) is 43.9 Å². The van der Waals surface area contributed by atoms with Crippen molar-refractivity contribution in [2.75, 3.05) is 55.8 Å². The monoisotopic (exact) mass is 551 g/mol. The molecular formula is C29H31F2N5O4. The first kappa shape index (κ1) is 25.4. The molecule has 0 unspecified atom stereocenters. The highest BCUT2D eigenvalue weighted by Gasteiger charge is 2.49. The second-order valence-electron chi connectivity index (χ2n) is 11.1. The molecule has 5 heterocycles. The smallest absolute Gasteiger partial charge is 0.318 e. The minimum atomic E-state index is -0.870. The van der Waals surface area contributed by atoms with Gasteiger partial charge in [0.05, 0.1) is 30.1 Å². The average Bonchev–Trinajstić information content (AvgIpc) is 3.49. The molecule has 0 aliphatic carbocycles. The summed E-state index contributed by atoms with van der Waals surface area (Å²) in [6, 6.07) is 8.19. The van der Waals surface area contributed by atoms with Gasteiger partial charge in [-0.2, -0.15) is 9.97 Å². The Bertz CT molecular complexity index is 1480. The number of phenolic OH excluding ortho intramolecular Hbond substituents is 1. The number of amides is 1. The van der Waals surface area contributed by atoms with Crippen molar-refractivity contribution in [3.05, 3.63) is 47.4 Å². The molecule has 3 saturated heterocycles. The third-order valence-electron chi connectivity index (χ3n) is 8.69. The number of ether oxygens (including phenoxy) is 2. The van der Waals surface area contributed by atoms with Gasteiger partial charge in [0, 0.05) is 49.5 Å². The van der Waals surface area contributed by atoms with Gasteiger partial charge in [-0.05, 0) is 25.8 Å². The van der Waals surface area contributed by atoms with Crippen LogP contribution in [0.25, 0.3) is 10.8 Å². The van der Waals surface area contributed by atoms with Gasteiger partial charge in [-0.1, -0.05) is 24.3 Å². The predicted molar refractivity (Wildman–Crippen MR) is 144 cm³/mol. The van der Waals surface area contributed by atoms with E-state index < -0.39 is 17.7 Å². The van der Waals surface area contributed by atoms with E-state index in [2.05, 4.69) is 9.88 Å². The lowest BCUT2D eigenvalue weighted by molar-refractivity contribution is 0.0996. The number of hydrogen-bond acceptors (Lipinski definition) is 8. The van der Waals surface area contributed by atoms with Crippen LogP contribution in [-0.2, 0) is 11.3 Å². The Morgan fingerprint density at radius 2 is 1.98 bits per heavy atom. The van der Waals surface area contributed by atoms with Crippen molar-refractivity contribution in [2.24, 2.45) is 0 Å². The maximum atomic E-state index is 14.7. The SMILES string of the molecule is O=C1c2c(nc(OC[C@@]34CCCN3C[C@H](F)C4)nc2N2CCCOCC2)CN1c1cc(O)c(F)c2ccccc12. The van der Waals surface area contributed by atoms with Crippen LogP contribution in [0, 0.1) is 5.82 Å². The van der Waals surface area contributed by atoms with E-state index in [9.17, 15) is 18.7 Å². The standard InChI is InChI=1S/C29H31F2N5O4/c30-18-14-29(7-3-9-35(29)15-18)17-40-28-32-21-16-36(22-13-23(37)25(31)20-6-2-1-5-19(20)22)27(38)24(21)26(33-28)34-8-4-11-39-12-10-34/h1-2,5-6,13,18,37H,3-4,7-12,14-17H2/t18-,29+/m1/s1. The lowest BCUT2D eigenvalue weighted by Crippen LogP contribution is -2.43. The van der Waals surface area contributed by atoms with Crippen molar-refractivity contribution in [3.63, 3.8) is 0 Å². The molecular weight excluding hydrogens is 520 g/mol. The van der Waals surface area contributed by atoms with Gasteiger partial charge in [0.25, 0.3) is 5.91 Å². The van der Waals surface area contributed by atoms with Crippen LogP contribution in [0.4, 0.5) is 20.3 Å². The minimum Gasteiger partial charge on any atom is -0.505 e. The fraction of sp³-hybridized carbons (Fsp3) is 0.483. The highest BCUT2D eigenvalue weighted by Crippen LogP contribution is 2.42. The van der Waals surface area contributed by atoms with E-state index in [1.54, 1.807) is 24.3 Å². The molecule has 11 heteroatoms. The summed E-state index contributed by atoms with van der Waals surface area (Å²) in [7, 11) is 0.